The van der Waals surface area contributed by atoms with Crippen LogP contribution >= 0.6 is 0 Å². The largest absolute Gasteiger partial charge is 0.271 e. The van der Waals surface area contributed by atoms with Gasteiger partial charge in [-0.3, -0.25) is 9.10 Å². The van der Waals surface area contributed by atoms with Gasteiger partial charge >= 0.3 is 0 Å². The lowest BCUT2D eigenvalue weighted by Crippen LogP contribution is -2.40. The predicted octanol–water partition coefficient (Wildman–Crippen LogP) is 4.80. The molecule has 6 nitrogen and oxygen atoms in total. The Morgan fingerprint density at radius 1 is 0.912 bits per heavy atom. The number of nitrogens with one attached hydrogen (secondary N) is 1. The summed E-state index contributed by atoms with van der Waals surface area (Å²) in [4.78, 5) is 12.9. The fraction of sp³-hybridized carbons (Fsp3) is 0.111. The number of carbonyl (C=O) groups excluding carboxylic acids is 1. The number of hydrogen-bond donors (Lipinski definition) is 1. The van der Waals surface area contributed by atoms with Crippen LogP contribution in [-0.4, -0.2) is 27.1 Å². The van der Waals surface area contributed by atoms with Crippen LogP contribution in [0.25, 0.3) is 10.8 Å². The SMILES string of the molecule is Cc1ccc(N(CC(=O)N/N=C\c2cccc3ccccc23)S(=O)(=O)c2ccccc2)c(C)c1. The number of carbonyl (C=O) groups is 1. The summed E-state index contributed by atoms with van der Waals surface area (Å²) in [5.41, 5.74) is 5.53. The van der Waals surface area contributed by atoms with E-state index in [9.17, 15) is 13.2 Å². The quantitative estimate of drug-likeness (QED) is 0.311. The van der Waals surface area contributed by atoms with Crippen molar-refractivity contribution in [3.63, 3.8) is 0 Å². The summed E-state index contributed by atoms with van der Waals surface area (Å²) < 4.78 is 28.0. The van der Waals surface area contributed by atoms with Crippen LogP contribution in [0.3, 0.4) is 0 Å². The van der Waals surface area contributed by atoms with Crippen LogP contribution in [-0.2, 0) is 14.8 Å². The second kappa shape index (κ2) is 9.89. The van der Waals surface area contributed by atoms with Crippen LogP contribution in [0.15, 0.2) is 101 Å². The Bertz CT molecular complexity index is 1460. The average Bonchev–Trinajstić information content (AvgIpc) is 2.83. The molecular formula is C27H25N3O3S. The van der Waals surface area contributed by atoms with Crippen LogP contribution in [0, 0.1) is 13.8 Å². The zero-order chi connectivity index (χ0) is 24.1. The summed E-state index contributed by atoms with van der Waals surface area (Å²) in [6.45, 7) is 3.35. The first-order valence-corrected chi connectivity index (χ1v) is 12.2. The molecule has 0 aliphatic rings. The van der Waals surface area contributed by atoms with Crippen LogP contribution in [0.2, 0.25) is 0 Å². The zero-order valence-corrected chi connectivity index (χ0v) is 19.8. The highest BCUT2D eigenvalue weighted by atomic mass is 32.2. The number of hydrogen-bond acceptors (Lipinski definition) is 4. The second-order valence-corrected chi connectivity index (χ2v) is 9.84. The molecule has 0 heterocycles. The van der Waals surface area contributed by atoms with Crippen molar-refractivity contribution < 1.29 is 13.2 Å². The molecule has 0 spiro atoms. The molecule has 0 saturated heterocycles. The van der Waals surface area contributed by atoms with Crippen molar-refractivity contribution in [2.45, 2.75) is 18.7 Å². The van der Waals surface area contributed by atoms with Gasteiger partial charge in [0.2, 0.25) is 0 Å². The minimum absolute atomic E-state index is 0.113. The van der Waals surface area contributed by atoms with Gasteiger partial charge in [0.25, 0.3) is 15.9 Å². The lowest BCUT2D eigenvalue weighted by molar-refractivity contribution is -0.119. The van der Waals surface area contributed by atoms with E-state index in [1.54, 1.807) is 30.5 Å². The molecule has 1 N–H and O–H groups in total. The van der Waals surface area contributed by atoms with Crippen molar-refractivity contribution >= 4 is 38.6 Å². The van der Waals surface area contributed by atoms with Crippen LogP contribution < -0.4 is 9.73 Å². The minimum atomic E-state index is -3.97. The van der Waals surface area contributed by atoms with Crippen molar-refractivity contribution in [2.24, 2.45) is 5.10 Å². The molecule has 0 bridgehead atoms. The molecule has 34 heavy (non-hydrogen) atoms. The molecule has 0 saturated carbocycles. The number of nitrogens with zero attached hydrogens (tertiary/aromatic N) is 2. The third kappa shape index (κ3) is 5.00. The first-order chi connectivity index (χ1) is 16.4. The van der Waals surface area contributed by atoms with Gasteiger partial charge in [0.1, 0.15) is 6.54 Å². The molecule has 0 aromatic heterocycles. The van der Waals surface area contributed by atoms with Gasteiger partial charge in [-0.05, 0) is 48.4 Å². The van der Waals surface area contributed by atoms with Gasteiger partial charge in [-0.2, -0.15) is 5.10 Å². The number of rotatable bonds is 7. The molecule has 0 fully saturated rings. The van der Waals surface area contributed by atoms with Gasteiger partial charge in [-0.15, -0.1) is 0 Å². The Hall–Kier alpha value is -3.97. The zero-order valence-electron chi connectivity index (χ0n) is 19.0. The maximum atomic E-state index is 13.5. The van der Waals surface area contributed by atoms with E-state index in [-0.39, 0.29) is 4.90 Å². The van der Waals surface area contributed by atoms with Crippen LogP contribution in [0.1, 0.15) is 16.7 Å². The number of hydrazone groups is 1. The van der Waals surface area contributed by atoms with E-state index < -0.39 is 22.5 Å². The summed E-state index contributed by atoms with van der Waals surface area (Å²) in [7, 11) is -3.97. The third-order valence-corrected chi connectivity index (χ3v) is 7.23. The van der Waals surface area contributed by atoms with Gasteiger partial charge in [0, 0.05) is 5.56 Å². The van der Waals surface area contributed by atoms with Gasteiger partial charge in [-0.25, -0.2) is 13.8 Å². The number of sulfonamides is 1. The normalized spacial score (nSPS) is 11.6. The van der Waals surface area contributed by atoms with E-state index in [2.05, 4.69) is 10.5 Å². The van der Waals surface area contributed by atoms with E-state index in [1.807, 2.05) is 68.4 Å². The topological polar surface area (TPSA) is 78.8 Å². The fourth-order valence-corrected chi connectivity index (χ4v) is 5.31. The molecule has 4 rings (SSSR count). The lowest BCUT2D eigenvalue weighted by atomic mass is 10.1. The molecule has 7 heteroatoms. The molecule has 4 aromatic rings. The Kier molecular flexibility index (Phi) is 6.75. The van der Waals surface area contributed by atoms with Crippen molar-refractivity contribution in [3.8, 4) is 0 Å². The van der Waals surface area contributed by atoms with Gasteiger partial charge in [0.05, 0.1) is 16.8 Å². The van der Waals surface area contributed by atoms with Crippen LogP contribution in [0.5, 0.6) is 0 Å². The van der Waals surface area contributed by atoms with Crippen molar-refractivity contribution in [1.82, 2.24) is 5.43 Å². The maximum absolute atomic E-state index is 13.5. The molecule has 0 unspecified atom stereocenters. The monoisotopic (exact) mass is 471 g/mol. The molecule has 1 amide bonds. The van der Waals surface area contributed by atoms with E-state index in [0.717, 1.165) is 31.8 Å². The molecule has 0 aliphatic heterocycles. The molecule has 172 valence electrons. The molecule has 0 atom stereocenters. The van der Waals surface area contributed by atoms with Crippen molar-refractivity contribution in [1.29, 1.82) is 0 Å². The highest BCUT2D eigenvalue weighted by Gasteiger charge is 2.28. The third-order valence-electron chi connectivity index (χ3n) is 5.46. The van der Waals surface area contributed by atoms with E-state index >= 15 is 0 Å². The summed E-state index contributed by atoms with van der Waals surface area (Å²) in [6.07, 6.45) is 1.56. The molecule has 4 aromatic carbocycles. The number of fused-ring (bicyclic) bond motifs is 1. The highest BCUT2D eigenvalue weighted by molar-refractivity contribution is 7.92. The first-order valence-electron chi connectivity index (χ1n) is 10.8. The number of anilines is 1. The van der Waals surface area contributed by atoms with E-state index in [1.165, 1.54) is 12.1 Å². The van der Waals surface area contributed by atoms with E-state index in [4.69, 9.17) is 0 Å². The van der Waals surface area contributed by atoms with Crippen LogP contribution in [0.4, 0.5) is 5.69 Å². The standard InChI is InChI=1S/C27H25N3O3S/c1-20-15-16-26(21(2)17-20)30(34(32,33)24-12-4-3-5-13-24)19-27(31)29-28-18-23-11-8-10-22-9-6-7-14-25(22)23/h3-18H,19H2,1-2H3,(H,29,31)/b28-18-. The summed E-state index contributed by atoms with van der Waals surface area (Å²) in [5.74, 6) is -0.545. The van der Waals surface area contributed by atoms with Gasteiger partial charge < -0.3 is 0 Å². The second-order valence-electron chi connectivity index (χ2n) is 7.98. The number of amides is 1. The Morgan fingerprint density at radius 2 is 1.62 bits per heavy atom. The average molecular weight is 472 g/mol. The minimum Gasteiger partial charge on any atom is -0.271 e. The van der Waals surface area contributed by atoms with Crippen molar-refractivity contribution in [2.75, 3.05) is 10.8 Å². The smallest absolute Gasteiger partial charge is 0.264 e. The Balaban J connectivity index is 1.60. The van der Waals surface area contributed by atoms with E-state index in [0.29, 0.717) is 5.69 Å². The lowest BCUT2D eigenvalue weighted by Gasteiger charge is -2.25. The molecule has 0 radical (unpaired) electrons. The Labute approximate surface area is 199 Å². The molecule has 0 aliphatic carbocycles. The van der Waals surface area contributed by atoms with Gasteiger partial charge in [0.15, 0.2) is 0 Å². The highest BCUT2D eigenvalue weighted by Crippen LogP contribution is 2.27. The first kappa shape index (κ1) is 23.2. The summed E-state index contributed by atoms with van der Waals surface area (Å²) in [5, 5.41) is 6.15. The predicted molar refractivity (Wildman–Crippen MR) is 137 cm³/mol. The number of benzene rings is 4. The molecular weight excluding hydrogens is 446 g/mol. The summed E-state index contributed by atoms with van der Waals surface area (Å²) in [6, 6.07) is 27.2. The Morgan fingerprint density at radius 3 is 2.38 bits per heavy atom. The summed E-state index contributed by atoms with van der Waals surface area (Å²) >= 11 is 0. The maximum Gasteiger partial charge on any atom is 0.264 e. The number of aryl methyl sites for hydroxylation is 2. The van der Waals surface area contributed by atoms with Crippen molar-refractivity contribution in [3.05, 3.63) is 108 Å². The van der Waals surface area contributed by atoms with Gasteiger partial charge in [-0.1, -0.05) is 78.4 Å². The fourth-order valence-electron chi connectivity index (χ4n) is 3.81.